The van der Waals surface area contributed by atoms with Crippen LogP contribution in [0.25, 0.3) is 0 Å². The van der Waals surface area contributed by atoms with E-state index >= 15 is 0 Å². The van der Waals surface area contributed by atoms with Crippen LogP contribution in [-0.2, 0) is 4.79 Å². The molecular weight excluding hydrogens is 414 g/mol. The van der Waals surface area contributed by atoms with Crippen LogP contribution in [0.15, 0.2) is 70.7 Å². The highest BCUT2D eigenvalue weighted by atomic mass is 32.2. The van der Waals surface area contributed by atoms with E-state index in [9.17, 15) is 9.59 Å². The molecule has 1 unspecified atom stereocenters. The molecule has 0 saturated heterocycles. The second-order valence-electron chi connectivity index (χ2n) is 7.03. The average molecular weight is 436 g/mol. The number of amides is 2. The van der Waals surface area contributed by atoms with Crippen molar-refractivity contribution in [3.05, 3.63) is 77.5 Å². The number of aromatic nitrogens is 1. The summed E-state index contributed by atoms with van der Waals surface area (Å²) in [4.78, 5) is 30.5. The summed E-state index contributed by atoms with van der Waals surface area (Å²) in [5, 5.41) is 0.548. The van der Waals surface area contributed by atoms with Gasteiger partial charge in [-0.1, -0.05) is 41.6 Å². The second-order valence-corrected chi connectivity index (χ2v) is 8.07. The molecule has 0 fully saturated rings. The molecule has 2 aromatic carbocycles. The molecule has 158 valence electrons. The fraction of sp³-hybridized carbons (Fsp3) is 0.174. The predicted molar refractivity (Wildman–Crippen MR) is 116 cm³/mol. The molecule has 0 bridgehead atoms. The SMILES string of the molecule is Cc1ccc(Sc2ncccc2C(=O)NNC(=O)C2COc3ccccc3O2)c(C)c1. The quantitative estimate of drug-likeness (QED) is 0.610. The predicted octanol–water partition coefficient (Wildman–Crippen LogP) is 3.45. The maximum atomic E-state index is 12.7. The number of aryl methyl sites for hydroxylation is 2. The summed E-state index contributed by atoms with van der Waals surface area (Å²) < 4.78 is 11.2. The normalized spacial score (nSPS) is 14.6. The summed E-state index contributed by atoms with van der Waals surface area (Å²) in [5.41, 5.74) is 7.48. The fourth-order valence-electron chi connectivity index (χ4n) is 3.08. The van der Waals surface area contributed by atoms with Crippen LogP contribution in [0.5, 0.6) is 11.5 Å². The Morgan fingerprint density at radius 3 is 2.65 bits per heavy atom. The van der Waals surface area contributed by atoms with Crippen LogP contribution >= 0.6 is 11.8 Å². The third kappa shape index (κ3) is 4.80. The number of hydrogen-bond acceptors (Lipinski definition) is 6. The lowest BCUT2D eigenvalue weighted by Crippen LogP contribution is -2.50. The molecule has 1 atom stereocenters. The first kappa shape index (κ1) is 20.7. The van der Waals surface area contributed by atoms with Crippen molar-refractivity contribution in [1.29, 1.82) is 0 Å². The van der Waals surface area contributed by atoms with Gasteiger partial charge in [0, 0.05) is 11.1 Å². The molecule has 3 aromatic rings. The Balaban J connectivity index is 1.41. The molecule has 4 rings (SSSR count). The molecule has 0 aliphatic carbocycles. The lowest BCUT2D eigenvalue weighted by molar-refractivity contribution is -0.131. The van der Waals surface area contributed by atoms with Gasteiger partial charge in [0.25, 0.3) is 11.8 Å². The zero-order valence-corrected chi connectivity index (χ0v) is 17.9. The molecule has 8 heteroatoms. The Bertz CT molecular complexity index is 1140. The Morgan fingerprint density at radius 1 is 1.03 bits per heavy atom. The molecule has 2 N–H and O–H groups in total. The summed E-state index contributed by atoms with van der Waals surface area (Å²) in [6.07, 6.45) is 0.763. The van der Waals surface area contributed by atoms with Crippen molar-refractivity contribution < 1.29 is 19.1 Å². The zero-order valence-electron chi connectivity index (χ0n) is 17.0. The fourth-order valence-corrected chi connectivity index (χ4v) is 4.03. The third-order valence-corrected chi connectivity index (χ3v) is 5.85. The van der Waals surface area contributed by atoms with Crippen LogP contribution < -0.4 is 20.3 Å². The first-order valence-electron chi connectivity index (χ1n) is 9.70. The van der Waals surface area contributed by atoms with Gasteiger partial charge < -0.3 is 9.47 Å². The van der Waals surface area contributed by atoms with Gasteiger partial charge in [0.2, 0.25) is 6.10 Å². The van der Waals surface area contributed by atoms with E-state index in [0.29, 0.717) is 22.1 Å². The number of pyridine rings is 1. The smallest absolute Gasteiger partial charge is 0.283 e. The number of rotatable bonds is 4. The highest BCUT2D eigenvalue weighted by molar-refractivity contribution is 7.99. The number of hydrogen-bond donors (Lipinski definition) is 2. The third-order valence-electron chi connectivity index (χ3n) is 4.65. The number of ether oxygens (including phenoxy) is 2. The van der Waals surface area contributed by atoms with Gasteiger partial charge >= 0.3 is 0 Å². The maximum absolute atomic E-state index is 12.7. The van der Waals surface area contributed by atoms with Crippen LogP contribution in [0, 0.1) is 13.8 Å². The molecule has 7 nitrogen and oxygen atoms in total. The lowest BCUT2D eigenvalue weighted by Gasteiger charge is -2.25. The van der Waals surface area contributed by atoms with Gasteiger partial charge in [0.15, 0.2) is 11.5 Å². The van der Waals surface area contributed by atoms with Crippen molar-refractivity contribution >= 4 is 23.6 Å². The van der Waals surface area contributed by atoms with Crippen molar-refractivity contribution in [2.24, 2.45) is 0 Å². The Kier molecular flexibility index (Phi) is 6.08. The van der Waals surface area contributed by atoms with Crippen LogP contribution in [-0.4, -0.2) is 29.5 Å². The number of nitrogens with zero attached hydrogens (tertiary/aromatic N) is 1. The summed E-state index contributed by atoms with van der Waals surface area (Å²) in [5.74, 6) is 0.0971. The molecule has 31 heavy (non-hydrogen) atoms. The molecule has 1 aromatic heterocycles. The van der Waals surface area contributed by atoms with E-state index < -0.39 is 17.9 Å². The number of para-hydroxylation sites is 2. The summed E-state index contributed by atoms with van der Waals surface area (Å²) in [6, 6.07) is 16.5. The van der Waals surface area contributed by atoms with Crippen molar-refractivity contribution in [3.8, 4) is 11.5 Å². The van der Waals surface area contributed by atoms with Crippen molar-refractivity contribution in [2.75, 3.05) is 6.61 Å². The highest BCUT2D eigenvalue weighted by Crippen LogP contribution is 2.32. The van der Waals surface area contributed by atoms with E-state index in [1.54, 1.807) is 36.5 Å². The first-order chi connectivity index (χ1) is 15.0. The monoisotopic (exact) mass is 435 g/mol. The Hall–Kier alpha value is -3.52. The highest BCUT2D eigenvalue weighted by Gasteiger charge is 2.27. The zero-order chi connectivity index (χ0) is 21.8. The van der Waals surface area contributed by atoms with Crippen LogP contribution in [0.3, 0.4) is 0 Å². The second kappa shape index (κ2) is 9.09. The van der Waals surface area contributed by atoms with Gasteiger partial charge in [0.05, 0.1) is 5.56 Å². The molecule has 0 saturated carbocycles. The minimum Gasteiger partial charge on any atom is -0.485 e. The Labute approximate surface area is 184 Å². The van der Waals surface area contributed by atoms with Crippen molar-refractivity contribution in [3.63, 3.8) is 0 Å². The van der Waals surface area contributed by atoms with Crippen LogP contribution in [0.2, 0.25) is 0 Å². The first-order valence-corrected chi connectivity index (χ1v) is 10.5. The molecule has 0 radical (unpaired) electrons. The number of nitrogens with one attached hydrogen (secondary N) is 2. The summed E-state index contributed by atoms with van der Waals surface area (Å²) in [6.45, 7) is 4.10. The molecule has 2 amide bonds. The largest absolute Gasteiger partial charge is 0.485 e. The summed E-state index contributed by atoms with van der Waals surface area (Å²) >= 11 is 1.40. The van der Waals surface area contributed by atoms with Crippen molar-refractivity contribution in [2.45, 2.75) is 29.9 Å². The van der Waals surface area contributed by atoms with E-state index in [1.807, 2.05) is 32.0 Å². The van der Waals surface area contributed by atoms with E-state index in [4.69, 9.17) is 9.47 Å². The molecule has 1 aliphatic heterocycles. The van der Waals surface area contributed by atoms with Gasteiger partial charge in [0.1, 0.15) is 11.6 Å². The molecule has 2 heterocycles. The van der Waals surface area contributed by atoms with E-state index in [1.165, 1.54) is 17.3 Å². The van der Waals surface area contributed by atoms with Gasteiger partial charge in [-0.2, -0.15) is 0 Å². The molecule has 0 spiro atoms. The van der Waals surface area contributed by atoms with Crippen LogP contribution in [0.4, 0.5) is 0 Å². The van der Waals surface area contributed by atoms with Gasteiger partial charge in [-0.3, -0.25) is 20.4 Å². The Morgan fingerprint density at radius 2 is 1.84 bits per heavy atom. The van der Waals surface area contributed by atoms with Crippen molar-refractivity contribution in [1.82, 2.24) is 15.8 Å². The number of fused-ring (bicyclic) bond motifs is 1. The minimum absolute atomic E-state index is 0.0550. The van der Waals surface area contributed by atoms with E-state index in [0.717, 1.165) is 10.5 Å². The summed E-state index contributed by atoms with van der Waals surface area (Å²) in [7, 11) is 0. The number of hydrazine groups is 1. The van der Waals surface area contributed by atoms with Crippen LogP contribution in [0.1, 0.15) is 21.5 Å². The number of benzene rings is 2. The standard InChI is InChI=1S/C23H21N3O4S/c1-14-9-10-20(15(2)12-14)31-23-16(6-5-11-24-23)21(27)25-26-22(28)19-13-29-17-7-3-4-8-18(17)30-19/h3-12,19H,13H2,1-2H3,(H,25,27)(H,26,28). The van der Waals surface area contributed by atoms with E-state index in [2.05, 4.69) is 21.9 Å². The van der Waals surface area contributed by atoms with Gasteiger partial charge in [-0.25, -0.2) is 4.98 Å². The maximum Gasteiger partial charge on any atom is 0.283 e. The van der Waals surface area contributed by atoms with Gasteiger partial charge in [-0.05, 0) is 49.7 Å². The lowest BCUT2D eigenvalue weighted by atomic mass is 10.2. The topological polar surface area (TPSA) is 89.6 Å². The molecule has 1 aliphatic rings. The van der Waals surface area contributed by atoms with E-state index in [-0.39, 0.29) is 6.61 Å². The average Bonchev–Trinajstić information content (AvgIpc) is 2.79. The number of carbonyl (C=O) groups excluding carboxylic acids is 2. The molecular formula is C23H21N3O4S. The number of carbonyl (C=O) groups is 2. The minimum atomic E-state index is -0.867. The van der Waals surface area contributed by atoms with Gasteiger partial charge in [-0.15, -0.1) is 0 Å².